The number of allylic oxidation sites excluding steroid dienone is 1. The molecule has 0 saturated carbocycles. The molecule has 2 nitrogen and oxygen atoms in total. The Labute approximate surface area is 94.9 Å². The molecule has 1 N–H and O–H groups in total. The van der Waals surface area contributed by atoms with Gasteiger partial charge in [0.05, 0.1) is 0 Å². The molecule has 0 aromatic carbocycles. The van der Waals surface area contributed by atoms with Crippen LogP contribution in [-0.2, 0) is 0 Å². The second-order valence-corrected chi connectivity index (χ2v) is 3.43. The van der Waals surface area contributed by atoms with E-state index in [1.165, 1.54) is 6.42 Å². The van der Waals surface area contributed by atoms with Gasteiger partial charge in [-0.15, -0.1) is 0 Å². The van der Waals surface area contributed by atoms with E-state index in [0.29, 0.717) is 12.1 Å². The Hall–Kier alpha value is -0.630. The predicted molar refractivity (Wildman–Crippen MR) is 69.4 cm³/mol. The molecule has 0 radical (unpaired) electrons. The van der Waals surface area contributed by atoms with Crippen LogP contribution >= 0.6 is 0 Å². The topological polar surface area (TPSA) is 24.4 Å². The summed E-state index contributed by atoms with van der Waals surface area (Å²) < 4.78 is 0. The van der Waals surface area contributed by atoms with Crippen LogP contribution in [0.4, 0.5) is 0 Å². The molecule has 0 amide bonds. The van der Waals surface area contributed by atoms with Gasteiger partial charge in [-0.25, -0.2) is 0 Å². The molecule has 0 aromatic rings. The molecule has 0 spiro atoms. The monoisotopic (exact) mass is 210 g/mol. The predicted octanol–water partition coefficient (Wildman–Crippen LogP) is 3.25. The molecule has 0 aliphatic carbocycles. The molecule has 2 aliphatic heterocycles. The quantitative estimate of drug-likeness (QED) is 0.652. The van der Waals surface area contributed by atoms with E-state index in [1.807, 2.05) is 33.9 Å². The van der Waals surface area contributed by atoms with E-state index >= 15 is 0 Å². The van der Waals surface area contributed by atoms with Crippen LogP contribution in [0, 0.1) is 11.8 Å². The lowest BCUT2D eigenvalue weighted by Gasteiger charge is -2.34. The molecular formula is C13H26N2. The fourth-order valence-corrected chi connectivity index (χ4v) is 1.87. The van der Waals surface area contributed by atoms with E-state index in [4.69, 9.17) is 0 Å². The number of piperidine rings is 1. The molecule has 2 aliphatic rings. The first-order valence-corrected chi connectivity index (χ1v) is 6.31. The summed E-state index contributed by atoms with van der Waals surface area (Å²) in [6.45, 7) is 11.4. The summed E-state index contributed by atoms with van der Waals surface area (Å²) in [5, 5.41) is 3.40. The summed E-state index contributed by atoms with van der Waals surface area (Å²) in [5.41, 5.74) is 0. The lowest BCUT2D eigenvalue weighted by molar-refractivity contribution is 0.251. The minimum Gasteiger partial charge on any atom is -0.295 e. The molecule has 2 heteroatoms. The highest BCUT2D eigenvalue weighted by Crippen LogP contribution is 2.26. The van der Waals surface area contributed by atoms with Crippen molar-refractivity contribution in [3.63, 3.8) is 0 Å². The minimum atomic E-state index is 0.365. The number of nitrogens with zero attached hydrogens (tertiary/aromatic N) is 1. The number of nitrogens with one attached hydrogen (secondary N) is 1. The highest BCUT2D eigenvalue weighted by molar-refractivity contribution is 5.72. The van der Waals surface area contributed by atoms with Crippen molar-refractivity contribution in [3.05, 3.63) is 12.2 Å². The Morgan fingerprint density at radius 3 is 2.47 bits per heavy atom. The molecule has 88 valence electrons. The molecule has 15 heavy (non-hydrogen) atoms. The van der Waals surface area contributed by atoms with Crippen LogP contribution in [0.1, 0.15) is 41.0 Å². The van der Waals surface area contributed by atoms with Crippen molar-refractivity contribution in [2.24, 2.45) is 16.8 Å². The summed E-state index contributed by atoms with van der Waals surface area (Å²) in [6, 6.07) is 0. The zero-order valence-corrected chi connectivity index (χ0v) is 10.8. The average Bonchev–Trinajstić information content (AvgIpc) is 2.35. The van der Waals surface area contributed by atoms with Gasteiger partial charge in [0.1, 0.15) is 6.17 Å². The van der Waals surface area contributed by atoms with Crippen molar-refractivity contribution in [3.8, 4) is 0 Å². The molecule has 3 unspecified atom stereocenters. The van der Waals surface area contributed by atoms with Gasteiger partial charge in [0.2, 0.25) is 0 Å². The first-order chi connectivity index (χ1) is 7.38. The van der Waals surface area contributed by atoms with Gasteiger partial charge in [-0.1, -0.05) is 40.7 Å². The Balaban J connectivity index is 0.000000442. The van der Waals surface area contributed by atoms with E-state index < -0.39 is 0 Å². The van der Waals surface area contributed by atoms with Gasteiger partial charge in [0.15, 0.2) is 0 Å². The molecule has 1 fully saturated rings. The molecule has 1 saturated heterocycles. The Morgan fingerprint density at radius 1 is 1.20 bits per heavy atom. The normalized spacial score (nSPS) is 31.7. The SMILES string of the molecule is CC.CC.CC1CCNC2N=CC=CC12. The van der Waals surface area contributed by atoms with Crippen molar-refractivity contribution < 1.29 is 0 Å². The summed E-state index contributed by atoms with van der Waals surface area (Å²) in [6.07, 6.45) is 7.87. The number of hydrogen-bond donors (Lipinski definition) is 1. The van der Waals surface area contributed by atoms with Crippen molar-refractivity contribution >= 4 is 6.21 Å². The van der Waals surface area contributed by atoms with E-state index in [2.05, 4.69) is 29.4 Å². The summed E-state index contributed by atoms with van der Waals surface area (Å²) in [4.78, 5) is 4.38. The molecular weight excluding hydrogens is 184 g/mol. The van der Waals surface area contributed by atoms with Gasteiger partial charge in [-0.3, -0.25) is 10.3 Å². The number of dihydropyridines is 1. The highest BCUT2D eigenvalue weighted by atomic mass is 15.1. The zero-order chi connectivity index (χ0) is 11.7. The fourth-order valence-electron chi connectivity index (χ4n) is 1.87. The van der Waals surface area contributed by atoms with E-state index in [1.54, 1.807) is 0 Å². The first kappa shape index (κ1) is 14.4. The van der Waals surface area contributed by atoms with Gasteiger partial charge < -0.3 is 0 Å². The third kappa shape index (κ3) is 4.17. The second-order valence-electron chi connectivity index (χ2n) is 3.43. The van der Waals surface area contributed by atoms with Crippen LogP contribution in [0.15, 0.2) is 17.1 Å². The minimum absolute atomic E-state index is 0.365. The van der Waals surface area contributed by atoms with E-state index in [0.717, 1.165) is 12.5 Å². The fraction of sp³-hybridized carbons (Fsp3) is 0.769. The Bertz CT molecular complexity index is 197. The highest BCUT2D eigenvalue weighted by Gasteiger charge is 2.28. The number of hydrogen-bond acceptors (Lipinski definition) is 2. The lowest BCUT2D eigenvalue weighted by atomic mass is 9.84. The van der Waals surface area contributed by atoms with Gasteiger partial charge in [0.25, 0.3) is 0 Å². The number of rotatable bonds is 0. The first-order valence-electron chi connectivity index (χ1n) is 6.31. The van der Waals surface area contributed by atoms with Crippen LogP contribution in [0.25, 0.3) is 0 Å². The van der Waals surface area contributed by atoms with Crippen LogP contribution in [0.3, 0.4) is 0 Å². The third-order valence-corrected chi connectivity index (χ3v) is 2.64. The maximum absolute atomic E-state index is 4.38. The average molecular weight is 210 g/mol. The standard InChI is InChI=1S/C9H14N2.2C2H6/c1-7-4-6-11-9-8(7)3-2-5-10-9;2*1-2/h2-3,5,7-9,11H,4,6H2,1H3;2*1-2H3. The van der Waals surface area contributed by atoms with Gasteiger partial charge in [-0.2, -0.15) is 0 Å². The zero-order valence-electron chi connectivity index (χ0n) is 10.8. The van der Waals surface area contributed by atoms with Crippen molar-refractivity contribution in [1.82, 2.24) is 5.32 Å². The van der Waals surface area contributed by atoms with E-state index in [-0.39, 0.29) is 0 Å². The molecule has 3 atom stereocenters. The van der Waals surface area contributed by atoms with Crippen LogP contribution in [0.2, 0.25) is 0 Å². The maximum Gasteiger partial charge on any atom is 0.106 e. The molecule has 0 bridgehead atoms. The molecule has 2 rings (SSSR count). The van der Waals surface area contributed by atoms with Gasteiger partial charge in [0, 0.05) is 12.1 Å². The molecule has 0 aromatic heterocycles. The Morgan fingerprint density at radius 2 is 1.87 bits per heavy atom. The van der Waals surface area contributed by atoms with Crippen molar-refractivity contribution in [2.45, 2.75) is 47.2 Å². The number of fused-ring (bicyclic) bond motifs is 1. The van der Waals surface area contributed by atoms with Crippen LogP contribution in [0.5, 0.6) is 0 Å². The van der Waals surface area contributed by atoms with Gasteiger partial charge in [-0.05, 0) is 25.0 Å². The largest absolute Gasteiger partial charge is 0.295 e. The maximum atomic E-state index is 4.38. The van der Waals surface area contributed by atoms with Gasteiger partial charge >= 0.3 is 0 Å². The summed E-state index contributed by atoms with van der Waals surface area (Å²) in [7, 11) is 0. The lowest BCUT2D eigenvalue weighted by Crippen LogP contribution is -2.44. The molecule has 2 heterocycles. The summed E-state index contributed by atoms with van der Waals surface area (Å²) in [5.74, 6) is 1.42. The smallest absolute Gasteiger partial charge is 0.106 e. The van der Waals surface area contributed by atoms with Crippen LogP contribution in [-0.4, -0.2) is 18.9 Å². The number of aliphatic imine (C=N–C) groups is 1. The van der Waals surface area contributed by atoms with E-state index in [9.17, 15) is 0 Å². The third-order valence-electron chi connectivity index (χ3n) is 2.64. The van der Waals surface area contributed by atoms with Crippen LogP contribution < -0.4 is 5.32 Å². The van der Waals surface area contributed by atoms with Crippen molar-refractivity contribution in [2.75, 3.05) is 6.54 Å². The second kappa shape index (κ2) is 8.66. The Kier molecular flexibility index (Phi) is 8.30. The van der Waals surface area contributed by atoms with Crippen molar-refractivity contribution in [1.29, 1.82) is 0 Å². The summed E-state index contributed by atoms with van der Waals surface area (Å²) >= 11 is 0.